The van der Waals surface area contributed by atoms with E-state index in [4.69, 9.17) is 0 Å². The van der Waals surface area contributed by atoms with Crippen LogP contribution >= 0.6 is 0 Å². The Morgan fingerprint density at radius 1 is 1.39 bits per heavy atom. The first kappa shape index (κ1) is 13.1. The second-order valence-corrected chi connectivity index (χ2v) is 5.37. The Morgan fingerprint density at radius 3 is 2.89 bits per heavy atom. The topological polar surface area (TPSA) is 41.1 Å². The molecular weight excluding hydrogens is 224 g/mol. The highest BCUT2D eigenvalue weighted by atomic mass is 16.1. The molecule has 1 aliphatic rings. The maximum absolute atomic E-state index is 12.3. The first-order valence-corrected chi connectivity index (χ1v) is 6.67. The minimum atomic E-state index is 0.0525. The molecule has 1 saturated heterocycles. The fraction of sp³-hybridized carbons (Fsp3) is 0.533. The van der Waals surface area contributed by atoms with Crippen molar-refractivity contribution in [2.75, 3.05) is 13.1 Å². The summed E-state index contributed by atoms with van der Waals surface area (Å²) in [5.74, 6) is 0.595. The second-order valence-electron chi connectivity index (χ2n) is 5.37. The number of benzene rings is 1. The third-order valence-electron chi connectivity index (χ3n) is 3.78. The zero-order valence-electron chi connectivity index (χ0n) is 11.4. The number of nitrogens with one attached hydrogen (secondary N) is 2. The molecule has 1 heterocycles. The number of amides is 1. The van der Waals surface area contributed by atoms with Gasteiger partial charge in [-0.1, -0.05) is 24.6 Å². The van der Waals surface area contributed by atoms with Crippen LogP contribution in [0.1, 0.15) is 34.8 Å². The molecule has 98 valence electrons. The van der Waals surface area contributed by atoms with Gasteiger partial charge < -0.3 is 10.6 Å². The van der Waals surface area contributed by atoms with Crippen LogP contribution in [0.25, 0.3) is 0 Å². The van der Waals surface area contributed by atoms with Gasteiger partial charge in [-0.25, -0.2) is 0 Å². The zero-order chi connectivity index (χ0) is 13.1. The average molecular weight is 246 g/mol. The molecule has 0 spiro atoms. The molecular formula is C15H22N2O. The number of carbonyl (C=O) groups excluding carboxylic acids is 1. The molecule has 2 N–H and O–H groups in total. The van der Waals surface area contributed by atoms with Crippen molar-refractivity contribution in [3.63, 3.8) is 0 Å². The van der Waals surface area contributed by atoms with Gasteiger partial charge in [-0.3, -0.25) is 4.79 Å². The van der Waals surface area contributed by atoms with Crippen molar-refractivity contribution in [1.82, 2.24) is 10.6 Å². The highest BCUT2D eigenvalue weighted by Crippen LogP contribution is 2.14. The molecule has 1 aromatic rings. The van der Waals surface area contributed by atoms with Gasteiger partial charge in [-0.15, -0.1) is 0 Å². The molecule has 0 aromatic heterocycles. The van der Waals surface area contributed by atoms with Crippen molar-refractivity contribution in [3.8, 4) is 0 Å². The normalized spacial score (nSPS) is 23.7. The smallest absolute Gasteiger partial charge is 0.251 e. The lowest BCUT2D eigenvalue weighted by atomic mass is 9.94. The maximum atomic E-state index is 12.3. The predicted molar refractivity (Wildman–Crippen MR) is 73.8 cm³/mol. The number of carbonyl (C=O) groups is 1. The van der Waals surface area contributed by atoms with Gasteiger partial charge in [0.2, 0.25) is 0 Å². The predicted octanol–water partition coefficient (Wildman–Crippen LogP) is 2.03. The van der Waals surface area contributed by atoms with Gasteiger partial charge in [0.25, 0.3) is 5.91 Å². The summed E-state index contributed by atoms with van der Waals surface area (Å²) in [6.07, 6.45) is 1.12. The third-order valence-corrected chi connectivity index (χ3v) is 3.78. The molecule has 2 atom stereocenters. The minimum absolute atomic E-state index is 0.0525. The lowest BCUT2D eigenvalue weighted by Gasteiger charge is -2.30. The lowest BCUT2D eigenvalue weighted by Crippen LogP contribution is -2.50. The van der Waals surface area contributed by atoms with Crippen LogP contribution in [0, 0.1) is 19.8 Å². The Hall–Kier alpha value is -1.35. The van der Waals surface area contributed by atoms with Crippen molar-refractivity contribution in [3.05, 3.63) is 34.9 Å². The van der Waals surface area contributed by atoms with Crippen molar-refractivity contribution >= 4 is 5.91 Å². The highest BCUT2D eigenvalue weighted by molar-refractivity contribution is 5.96. The Labute approximate surface area is 109 Å². The Morgan fingerprint density at radius 2 is 2.17 bits per heavy atom. The van der Waals surface area contributed by atoms with E-state index in [-0.39, 0.29) is 11.9 Å². The van der Waals surface area contributed by atoms with Crippen LogP contribution in [0.2, 0.25) is 0 Å². The molecule has 3 nitrogen and oxygen atoms in total. The van der Waals surface area contributed by atoms with Crippen LogP contribution in [0.3, 0.4) is 0 Å². The molecule has 3 heteroatoms. The van der Waals surface area contributed by atoms with Gasteiger partial charge in [0.05, 0.1) is 0 Å². The molecule has 1 amide bonds. The average Bonchev–Trinajstić information content (AvgIpc) is 2.35. The molecule has 1 aliphatic heterocycles. The number of piperidine rings is 1. The van der Waals surface area contributed by atoms with Crippen LogP contribution in [0.4, 0.5) is 0 Å². The van der Waals surface area contributed by atoms with Crippen molar-refractivity contribution < 1.29 is 4.79 Å². The fourth-order valence-electron chi connectivity index (χ4n) is 2.41. The van der Waals surface area contributed by atoms with Gasteiger partial charge in [-0.2, -0.15) is 0 Å². The lowest BCUT2D eigenvalue weighted by molar-refractivity contribution is 0.0914. The van der Waals surface area contributed by atoms with Crippen molar-refractivity contribution in [1.29, 1.82) is 0 Å². The molecule has 0 bridgehead atoms. The second kappa shape index (κ2) is 5.53. The summed E-state index contributed by atoms with van der Waals surface area (Å²) < 4.78 is 0. The maximum Gasteiger partial charge on any atom is 0.251 e. The number of hydrogen-bond acceptors (Lipinski definition) is 2. The monoisotopic (exact) mass is 246 g/mol. The summed E-state index contributed by atoms with van der Waals surface area (Å²) in [7, 11) is 0. The Kier molecular flexibility index (Phi) is 4.02. The van der Waals surface area contributed by atoms with Gasteiger partial charge in [0.15, 0.2) is 0 Å². The number of aryl methyl sites for hydroxylation is 2. The molecule has 0 unspecified atom stereocenters. The summed E-state index contributed by atoms with van der Waals surface area (Å²) in [6.45, 7) is 8.13. The van der Waals surface area contributed by atoms with E-state index in [1.54, 1.807) is 0 Å². The summed E-state index contributed by atoms with van der Waals surface area (Å²) in [5, 5.41) is 6.48. The van der Waals surface area contributed by atoms with E-state index < -0.39 is 0 Å². The van der Waals surface area contributed by atoms with E-state index in [0.717, 1.165) is 36.2 Å². The highest BCUT2D eigenvalue weighted by Gasteiger charge is 2.23. The van der Waals surface area contributed by atoms with Crippen LogP contribution in [-0.4, -0.2) is 25.0 Å². The molecule has 18 heavy (non-hydrogen) atoms. The summed E-state index contributed by atoms with van der Waals surface area (Å²) in [5.41, 5.74) is 2.96. The van der Waals surface area contributed by atoms with E-state index in [9.17, 15) is 4.79 Å². The van der Waals surface area contributed by atoms with E-state index in [1.807, 2.05) is 32.0 Å². The van der Waals surface area contributed by atoms with Crippen molar-refractivity contribution in [2.45, 2.75) is 33.2 Å². The molecule has 0 saturated carbocycles. The zero-order valence-corrected chi connectivity index (χ0v) is 11.4. The molecule has 2 rings (SSSR count). The molecule has 0 aliphatic carbocycles. The Balaban J connectivity index is 2.09. The largest absolute Gasteiger partial charge is 0.348 e. The van der Waals surface area contributed by atoms with Gasteiger partial charge in [0.1, 0.15) is 0 Å². The molecule has 1 fully saturated rings. The quantitative estimate of drug-likeness (QED) is 0.838. The van der Waals surface area contributed by atoms with Gasteiger partial charge in [0, 0.05) is 18.2 Å². The SMILES string of the molecule is Cc1ccc(C)c(C(=O)N[C@@H]2CNCC[C@H]2C)c1. The molecule has 0 radical (unpaired) electrons. The van der Waals surface area contributed by atoms with E-state index in [0.29, 0.717) is 5.92 Å². The first-order valence-electron chi connectivity index (χ1n) is 6.67. The molecule has 1 aromatic carbocycles. The van der Waals surface area contributed by atoms with Crippen LogP contribution in [0.15, 0.2) is 18.2 Å². The summed E-state index contributed by atoms with van der Waals surface area (Å²) >= 11 is 0. The van der Waals surface area contributed by atoms with E-state index in [1.165, 1.54) is 0 Å². The summed E-state index contributed by atoms with van der Waals surface area (Å²) in [6, 6.07) is 6.25. The fourth-order valence-corrected chi connectivity index (χ4v) is 2.41. The summed E-state index contributed by atoms with van der Waals surface area (Å²) in [4.78, 5) is 12.3. The van der Waals surface area contributed by atoms with Gasteiger partial charge >= 0.3 is 0 Å². The Bertz CT molecular complexity index is 442. The number of hydrogen-bond donors (Lipinski definition) is 2. The standard InChI is InChI=1S/C15H22N2O/c1-10-4-5-11(2)13(8-10)15(18)17-14-9-16-7-6-12(14)3/h4-5,8,12,14,16H,6-7,9H2,1-3H3,(H,17,18)/t12-,14-/m1/s1. The van der Waals surface area contributed by atoms with Crippen LogP contribution in [0.5, 0.6) is 0 Å². The van der Waals surface area contributed by atoms with Gasteiger partial charge in [-0.05, 0) is 44.4 Å². The van der Waals surface area contributed by atoms with Crippen molar-refractivity contribution in [2.24, 2.45) is 5.92 Å². The number of rotatable bonds is 2. The first-order chi connectivity index (χ1) is 8.58. The van der Waals surface area contributed by atoms with E-state index >= 15 is 0 Å². The van der Waals surface area contributed by atoms with E-state index in [2.05, 4.69) is 17.6 Å². The van der Waals surface area contributed by atoms with Crippen LogP contribution in [-0.2, 0) is 0 Å². The minimum Gasteiger partial charge on any atom is -0.348 e. The van der Waals surface area contributed by atoms with Crippen LogP contribution < -0.4 is 10.6 Å². The third kappa shape index (κ3) is 2.91.